The minimum Gasteiger partial charge on any atom is -0.495 e. The normalized spacial score (nSPS) is 22.8. The lowest BCUT2D eigenvalue weighted by molar-refractivity contribution is 0.0934. The fourth-order valence-electron chi connectivity index (χ4n) is 2.06. The predicted octanol–water partition coefficient (Wildman–Crippen LogP) is 0.918. The number of carbonyl (C=O) groups excluding carboxylic acids is 1. The van der Waals surface area contributed by atoms with Crippen molar-refractivity contribution < 1.29 is 13.7 Å². The van der Waals surface area contributed by atoms with E-state index in [-0.39, 0.29) is 11.9 Å². The molecule has 1 aromatic carbocycles. The third kappa shape index (κ3) is 3.47. The second-order valence-corrected chi connectivity index (χ2v) is 6.25. The summed E-state index contributed by atoms with van der Waals surface area (Å²) >= 11 is 0. The number of amides is 1. The highest BCUT2D eigenvalue weighted by atomic mass is 32.2. The Morgan fingerprint density at radius 1 is 1.42 bits per heavy atom. The molecule has 1 aromatic rings. The summed E-state index contributed by atoms with van der Waals surface area (Å²) in [7, 11) is 0.801. The molecule has 2 rings (SSSR count). The number of benzene rings is 1. The van der Waals surface area contributed by atoms with Crippen LogP contribution >= 0.6 is 0 Å². The van der Waals surface area contributed by atoms with Crippen molar-refractivity contribution in [1.82, 2.24) is 5.32 Å². The third-order valence-corrected chi connectivity index (χ3v) is 4.60. The number of carbonyl (C=O) groups is 1. The maximum Gasteiger partial charge on any atom is 0.251 e. The van der Waals surface area contributed by atoms with Crippen LogP contribution in [-0.4, -0.2) is 34.8 Å². The SMILES string of the molecule is COc1cc(C(=O)NC2CCS(=O)CC2)ccc1N. The smallest absolute Gasteiger partial charge is 0.251 e. The molecule has 1 heterocycles. The van der Waals surface area contributed by atoms with Crippen molar-refractivity contribution >= 4 is 22.4 Å². The lowest BCUT2D eigenvalue weighted by Crippen LogP contribution is -2.39. The largest absolute Gasteiger partial charge is 0.495 e. The highest BCUT2D eigenvalue weighted by Gasteiger charge is 2.20. The zero-order chi connectivity index (χ0) is 13.8. The van der Waals surface area contributed by atoms with Crippen LogP contribution in [0.3, 0.4) is 0 Å². The molecule has 6 heteroatoms. The average molecular weight is 282 g/mol. The first-order valence-corrected chi connectivity index (χ1v) is 7.68. The molecule has 1 aliphatic rings. The van der Waals surface area contributed by atoms with Crippen molar-refractivity contribution in [3.63, 3.8) is 0 Å². The summed E-state index contributed by atoms with van der Waals surface area (Å²) in [6, 6.07) is 5.07. The van der Waals surface area contributed by atoms with Crippen molar-refractivity contribution in [3.8, 4) is 5.75 Å². The first kappa shape index (κ1) is 13.9. The summed E-state index contributed by atoms with van der Waals surface area (Å²) in [6.45, 7) is 0. The number of ether oxygens (including phenoxy) is 1. The lowest BCUT2D eigenvalue weighted by Gasteiger charge is -2.22. The van der Waals surface area contributed by atoms with Crippen LogP contribution in [0.4, 0.5) is 5.69 Å². The Bertz CT molecular complexity index is 495. The van der Waals surface area contributed by atoms with Crippen LogP contribution in [0.25, 0.3) is 0 Å². The molecular weight excluding hydrogens is 264 g/mol. The van der Waals surface area contributed by atoms with E-state index in [4.69, 9.17) is 10.5 Å². The van der Waals surface area contributed by atoms with Crippen molar-refractivity contribution in [3.05, 3.63) is 23.8 Å². The molecule has 104 valence electrons. The molecule has 0 aliphatic carbocycles. The summed E-state index contributed by atoms with van der Waals surface area (Å²) in [5, 5.41) is 2.96. The summed E-state index contributed by atoms with van der Waals surface area (Å²) in [4.78, 5) is 12.1. The molecule has 1 amide bonds. The van der Waals surface area contributed by atoms with E-state index >= 15 is 0 Å². The summed E-state index contributed by atoms with van der Waals surface area (Å²) in [5.74, 6) is 1.68. The number of nitrogens with two attached hydrogens (primary N) is 1. The Hall–Kier alpha value is -1.56. The van der Waals surface area contributed by atoms with Crippen molar-refractivity contribution in [2.45, 2.75) is 18.9 Å². The first-order valence-electron chi connectivity index (χ1n) is 6.19. The topological polar surface area (TPSA) is 81.4 Å². The van der Waals surface area contributed by atoms with Gasteiger partial charge in [0.15, 0.2) is 0 Å². The number of hydrogen-bond acceptors (Lipinski definition) is 4. The van der Waals surface area contributed by atoms with Gasteiger partial charge >= 0.3 is 0 Å². The summed E-state index contributed by atoms with van der Waals surface area (Å²) in [5.41, 5.74) is 6.74. The van der Waals surface area contributed by atoms with Gasteiger partial charge < -0.3 is 15.8 Å². The number of rotatable bonds is 3. The highest BCUT2D eigenvalue weighted by molar-refractivity contribution is 7.85. The Balaban J connectivity index is 2.01. The van der Waals surface area contributed by atoms with Gasteiger partial charge in [-0.05, 0) is 31.0 Å². The maximum atomic E-state index is 12.1. The number of methoxy groups -OCH3 is 1. The molecule has 0 saturated carbocycles. The Morgan fingerprint density at radius 3 is 2.74 bits per heavy atom. The van der Waals surface area contributed by atoms with E-state index in [9.17, 15) is 9.00 Å². The Morgan fingerprint density at radius 2 is 2.11 bits per heavy atom. The van der Waals surface area contributed by atoms with Crippen LogP contribution in [0.15, 0.2) is 18.2 Å². The average Bonchev–Trinajstić information content (AvgIpc) is 2.42. The lowest BCUT2D eigenvalue weighted by atomic mass is 10.1. The van der Waals surface area contributed by atoms with Crippen molar-refractivity contribution in [1.29, 1.82) is 0 Å². The Kier molecular flexibility index (Phi) is 4.42. The van der Waals surface area contributed by atoms with Crippen LogP contribution in [0.1, 0.15) is 23.2 Å². The maximum absolute atomic E-state index is 12.1. The van der Waals surface area contributed by atoms with Gasteiger partial charge in [0, 0.05) is 33.9 Å². The molecule has 0 atom stereocenters. The van der Waals surface area contributed by atoms with Crippen LogP contribution in [0.5, 0.6) is 5.75 Å². The molecule has 0 bridgehead atoms. The third-order valence-electron chi connectivity index (χ3n) is 3.22. The molecule has 1 saturated heterocycles. The van der Waals surface area contributed by atoms with E-state index in [1.165, 1.54) is 7.11 Å². The highest BCUT2D eigenvalue weighted by Crippen LogP contribution is 2.22. The molecule has 0 unspecified atom stereocenters. The predicted molar refractivity (Wildman–Crippen MR) is 75.8 cm³/mol. The number of nitrogens with one attached hydrogen (secondary N) is 1. The van der Waals surface area contributed by atoms with Crippen LogP contribution in [0, 0.1) is 0 Å². The fraction of sp³-hybridized carbons (Fsp3) is 0.462. The van der Waals surface area contributed by atoms with Gasteiger partial charge in [-0.15, -0.1) is 0 Å². The van der Waals surface area contributed by atoms with Crippen LogP contribution < -0.4 is 15.8 Å². The van der Waals surface area contributed by atoms with Crippen LogP contribution in [0.2, 0.25) is 0 Å². The van der Waals surface area contributed by atoms with Crippen molar-refractivity contribution in [2.24, 2.45) is 0 Å². The van der Waals surface area contributed by atoms with Gasteiger partial charge in [0.1, 0.15) is 5.75 Å². The first-order chi connectivity index (χ1) is 9.10. The van der Waals surface area contributed by atoms with E-state index < -0.39 is 10.8 Å². The van der Waals surface area contributed by atoms with Gasteiger partial charge in [-0.2, -0.15) is 0 Å². The number of nitrogen functional groups attached to an aromatic ring is 1. The molecule has 19 heavy (non-hydrogen) atoms. The van der Waals surface area contributed by atoms with E-state index in [0.29, 0.717) is 28.5 Å². The van der Waals surface area contributed by atoms with Gasteiger partial charge in [-0.3, -0.25) is 9.00 Å². The summed E-state index contributed by atoms with van der Waals surface area (Å²) < 4.78 is 16.3. The van der Waals surface area contributed by atoms with Gasteiger partial charge in [-0.1, -0.05) is 0 Å². The van der Waals surface area contributed by atoms with Gasteiger partial charge in [0.25, 0.3) is 5.91 Å². The molecule has 0 spiro atoms. The van der Waals surface area contributed by atoms with Gasteiger partial charge in [-0.25, -0.2) is 0 Å². The molecule has 0 radical (unpaired) electrons. The monoisotopic (exact) mass is 282 g/mol. The van der Waals surface area contributed by atoms with E-state index in [1.807, 2.05) is 0 Å². The van der Waals surface area contributed by atoms with Crippen molar-refractivity contribution in [2.75, 3.05) is 24.3 Å². The van der Waals surface area contributed by atoms with Gasteiger partial charge in [0.05, 0.1) is 12.8 Å². The zero-order valence-electron chi connectivity index (χ0n) is 10.8. The van der Waals surface area contributed by atoms with E-state index in [2.05, 4.69) is 5.32 Å². The second-order valence-electron chi connectivity index (χ2n) is 4.55. The number of anilines is 1. The molecule has 5 nitrogen and oxygen atoms in total. The molecule has 1 aliphatic heterocycles. The number of hydrogen-bond donors (Lipinski definition) is 2. The van der Waals surface area contributed by atoms with Gasteiger partial charge in [0.2, 0.25) is 0 Å². The standard InChI is InChI=1S/C13H18N2O3S/c1-18-12-8-9(2-3-11(12)14)13(16)15-10-4-6-19(17)7-5-10/h2-3,8,10H,4-7,14H2,1H3,(H,15,16). The fourth-order valence-corrected chi connectivity index (χ4v) is 3.36. The minimum absolute atomic E-state index is 0.105. The molecule has 0 aromatic heterocycles. The second kappa shape index (κ2) is 6.06. The molecule has 3 N–H and O–H groups in total. The minimum atomic E-state index is -0.716. The Labute approximate surface area is 115 Å². The van der Waals surface area contributed by atoms with Crippen LogP contribution in [-0.2, 0) is 10.8 Å². The quantitative estimate of drug-likeness (QED) is 0.808. The summed E-state index contributed by atoms with van der Waals surface area (Å²) in [6.07, 6.45) is 1.54. The van der Waals surface area contributed by atoms with E-state index in [0.717, 1.165) is 12.8 Å². The molecule has 1 fully saturated rings. The molecular formula is C13H18N2O3S. The zero-order valence-corrected chi connectivity index (χ0v) is 11.7. The van der Waals surface area contributed by atoms with E-state index in [1.54, 1.807) is 18.2 Å².